The predicted octanol–water partition coefficient (Wildman–Crippen LogP) is 3.98. The Morgan fingerprint density at radius 2 is 1.72 bits per heavy atom. The maximum absolute atomic E-state index is 13.8. The van der Waals surface area contributed by atoms with Gasteiger partial charge in [0.15, 0.2) is 0 Å². The van der Waals surface area contributed by atoms with Crippen molar-refractivity contribution in [3.63, 3.8) is 0 Å². The van der Waals surface area contributed by atoms with Gasteiger partial charge in [-0.05, 0) is 25.0 Å². The van der Waals surface area contributed by atoms with Crippen molar-refractivity contribution in [3.8, 4) is 10.6 Å². The molecular formula is C22H20FN3O2S. The van der Waals surface area contributed by atoms with E-state index in [0.29, 0.717) is 30.8 Å². The minimum Gasteiger partial charge on any atom is -0.349 e. The van der Waals surface area contributed by atoms with E-state index in [9.17, 15) is 14.0 Å². The summed E-state index contributed by atoms with van der Waals surface area (Å²) in [5.74, 6) is -0.983. The van der Waals surface area contributed by atoms with Crippen LogP contribution in [-0.2, 0) is 0 Å². The Hall–Kier alpha value is -3.06. The van der Waals surface area contributed by atoms with Crippen molar-refractivity contribution in [1.29, 1.82) is 0 Å². The molecule has 0 bridgehead atoms. The van der Waals surface area contributed by atoms with Crippen LogP contribution in [0.5, 0.6) is 0 Å². The van der Waals surface area contributed by atoms with Crippen molar-refractivity contribution in [3.05, 3.63) is 77.1 Å². The average molecular weight is 409 g/mol. The number of likely N-dealkylation sites (tertiary alicyclic amines) is 1. The van der Waals surface area contributed by atoms with Crippen LogP contribution in [0.1, 0.15) is 32.9 Å². The molecule has 1 aromatic heterocycles. The monoisotopic (exact) mass is 409 g/mol. The molecule has 3 aromatic rings. The molecule has 5 nitrogen and oxygen atoms in total. The highest BCUT2D eigenvalue weighted by atomic mass is 32.1. The Morgan fingerprint density at radius 3 is 2.45 bits per heavy atom. The first-order valence-corrected chi connectivity index (χ1v) is 10.3. The number of carbonyl (C=O) groups is 2. The number of benzene rings is 2. The lowest BCUT2D eigenvalue weighted by Gasteiger charge is -2.32. The molecule has 1 aliphatic heterocycles. The second kappa shape index (κ2) is 8.53. The minimum atomic E-state index is -0.531. The van der Waals surface area contributed by atoms with Gasteiger partial charge in [-0.1, -0.05) is 42.5 Å². The van der Waals surface area contributed by atoms with E-state index in [1.165, 1.54) is 23.5 Å². The molecule has 0 unspecified atom stereocenters. The smallest absolute Gasteiger partial charge is 0.265 e. The zero-order chi connectivity index (χ0) is 20.2. The molecule has 1 fully saturated rings. The van der Waals surface area contributed by atoms with Crippen molar-refractivity contribution < 1.29 is 14.0 Å². The topological polar surface area (TPSA) is 62.3 Å². The van der Waals surface area contributed by atoms with Crippen LogP contribution in [0.2, 0.25) is 0 Å². The summed E-state index contributed by atoms with van der Waals surface area (Å²) in [5.41, 5.74) is 1.04. The van der Waals surface area contributed by atoms with Crippen LogP contribution < -0.4 is 5.32 Å². The molecule has 7 heteroatoms. The number of rotatable bonds is 4. The highest BCUT2D eigenvalue weighted by Gasteiger charge is 2.26. The van der Waals surface area contributed by atoms with Crippen LogP contribution in [0.15, 0.2) is 60.8 Å². The van der Waals surface area contributed by atoms with Crippen LogP contribution in [0, 0.1) is 5.82 Å². The number of nitrogens with zero attached hydrogens (tertiary/aromatic N) is 2. The number of hydrogen-bond donors (Lipinski definition) is 1. The molecule has 0 saturated carbocycles. The van der Waals surface area contributed by atoms with E-state index >= 15 is 0 Å². The fourth-order valence-corrected chi connectivity index (χ4v) is 4.27. The number of amides is 2. The van der Waals surface area contributed by atoms with Crippen molar-refractivity contribution in [2.75, 3.05) is 13.1 Å². The van der Waals surface area contributed by atoms with Crippen LogP contribution in [0.25, 0.3) is 10.6 Å². The predicted molar refractivity (Wildman–Crippen MR) is 110 cm³/mol. The van der Waals surface area contributed by atoms with Gasteiger partial charge < -0.3 is 10.2 Å². The third-order valence-corrected chi connectivity index (χ3v) is 6.01. The Labute approximate surface area is 172 Å². The fourth-order valence-electron chi connectivity index (χ4n) is 3.38. The Balaban J connectivity index is 1.34. The van der Waals surface area contributed by atoms with Crippen molar-refractivity contribution in [2.24, 2.45) is 0 Å². The summed E-state index contributed by atoms with van der Waals surface area (Å²) in [7, 11) is 0. The zero-order valence-electron chi connectivity index (χ0n) is 15.7. The lowest BCUT2D eigenvalue weighted by Crippen LogP contribution is -2.46. The largest absolute Gasteiger partial charge is 0.349 e. The van der Waals surface area contributed by atoms with Crippen LogP contribution in [0.4, 0.5) is 4.39 Å². The lowest BCUT2D eigenvalue weighted by atomic mass is 10.0. The molecular weight excluding hydrogens is 389 g/mol. The molecule has 1 saturated heterocycles. The summed E-state index contributed by atoms with van der Waals surface area (Å²) in [6.45, 7) is 1.08. The first-order chi connectivity index (χ1) is 14.1. The minimum absolute atomic E-state index is 0.0384. The number of nitrogens with one attached hydrogen (secondary N) is 1. The first-order valence-electron chi connectivity index (χ1n) is 9.48. The molecule has 1 aliphatic rings. The molecule has 2 heterocycles. The Bertz CT molecular complexity index is 1010. The summed E-state index contributed by atoms with van der Waals surface area (Å²) in [6.07, 6.45) is 2.90. The second-order valence-electron chi connectivity index (χ2n) is 6.92. The molecule has 4 rings (SSSR count). The van der Waals surface area contributed by atoms with Crippen LogP contribution in [-0.4, -0.2) is 40.8 Å². The van der Waals surface area contributed by atoms with Crippen LogP contribution in [0.3, 0.4) is 0 Å². The summed E-state index contributed by atoms with van der Waals surface area (Å²) in [5, 5.41) is 3.69. The molecule has 0 atom stereocenters. The fraction of sp³-hybridized carbons (Fsp3) is 0.227. The van der Waals surface area contributed by atoms with Crippen molar-refractivity contribution in [2.45, 2.75) is 18.9 Å². The number of thiazole rings is 1. The van der Waals surface area contributed by atoms with E-state index in [-0.39, 0.29) is 17.5 Å². The van der Waals surface area contributed by atoms with E-state index in [4.69, 9.17) is 0 Å². The molecule has 0 aliphatic carbocycles. The zero-order valence-corrected chi connectivity index (χ0v) is 16.5. The number of hydrogen-bond acceptors (Lipinski definition) is 4. The highest BCUT2D eigenvalue weighted by Crippen LogP contribution is 2.26. The lowest BCUT2D eigenvalue weighted by molar-refractivity contribution is 0.0702. The van der Waals surface area contributed by atoms with E-state index in [1.807, 2.05) is 30.3 Å². The standard InChI is InChI=1S/C22H20FN3O2S/c23-18-9-5-4-8-17(18)20(27)25-16-10-12-26(13-11-16)22(28)19-14-24-21(29-19)15-6-2-1-3-7-15/h1-9,14,16H,10-13H2,(H,25,27). The van der Waals surface area contributed by atoms with E-state index in [2.05, 4.69) is 10.3 Å². The van der Waals surface area contributed by atoms with Gasteiger partial charge in [0.2, 0.25) is 0 Å². The van der Waals surface area contributed by atoms with Crippen molar-refractivity contribution >= 4 is 23.2 Å². The first kappa shape index (κ1) is 19.3. The van der Waals surface area contributed by atoms with E-state index in [1.54, 1.807) is 23.2 Å². The normalized spacial score (nSPS) is 14.6. The summed E-state index contributed by atoms with van der Waals surface area (Å²) in [4.78, 5) is 31.8. The van der Waals surface area contributed by atoms with Gasteiger partial charge >= 0.3 is 0 Å². The number of piperidine rings is 1. The number of carbonyl (C=O) groups excluding carboxylic acids is 2. The molecule has 1 N–H and O–H groups in total. The van der Waals surface area contributed by atoms with E-state index in [0.717, 1.165) is 10.6 Å². The number of halogens is 1. The maximum atomic E-state index is 13.8. The maximum Gasteiger partial charge on any atom is 0.265 e. The van der Waals surface area contributed by atoms with Gasteiger partial charge in [-0.25, -0.2) is 9.37 Å². The van der Waals surface area contributed by atoms with Gasteiger partial charge in [0.25, 0.3) is 11.8 Å². The third kappa shape index (κ3) is 4.35. The SMILES string of the molecule is O=C(NC1CCN(C(=O)c2cnc(-c3ccccc3)s2)CC1)c1ccccc1F. The molecule has 0 radical (unpaired) electrons. The Kier molecular flexibility index (Phi) is 5.67. The average Bonchev–Trinajstić information content (AvgIpc) is 3.25. The molecule has 0 spiro atoms. The summed E-state index contributed by atoms with van der Waals surface area (Å²) in [6, 6.07) is 15.6. The van der Waals surface area contributed by atoms with E-state index < -0.39 is 11.7 Å². The molecule has 148 valence electrons. The van der Waals surface area contributed by atoms with Crippen LogP contribution >= 0.6 is 11.3 Å². The van der Waals surface area contributed by atoms with Crippen molar-refractivity contribution in [1.82, 2.24) is 15.2 Å². The van der Waals surface area contributed by atoms with Gasteiger partial charge in [-0.3, -0.25) is 9.59 Å². The summed E-state index contributed by atoms with van der Waals surface area (Å²) >= 11 is 1.38. The number of aromatic nitrogens is 1. The van der Waals surface area contributed by atoms with Gasteiger partial charge in [0.1, 0.15) is 15.7 Å². The molecule has 29 heavy (non-hydrogen) atoms. The Morgan fingerprint density at radius 1 is 1.03 bits per heavy atom. The van der Waals surface area contributed by atoms with Gasteiger partial charge in [-0.2, -0.15) is 0 Å². The van der Waals surface area contributed by atoms with Gasteiger partial charge in [-0.15, -0.1) is 11.3 Å². The molecule has 2 aromatic carbocycles. The van der Waals surface area contributed by atoms with Gasteiger partial charge in [0.05, 0.1) is 11.8 Å². The van der Waals surface area contributed by atoms with Gasteiger partial charge in [0, 0.05) is 24.7 Å². The second-order valence-corrected chi connectivity index (χ2v) is 7.95. The third-order valence-electron chi connectivity index (χ3n) is 4.97. The quantitative estimate of drug-likeness (QED) is 0.709. The highest BCUT2D eigenvalue weighted by molar-refractivity contribution is 7.16. The molecule has 2 amide bonds. The summed E-state index contributed by atoms with van der Waals surface area (Å²) < 4.78 is 13.8.